The van der Waals surface area contributed by atoms with Crippen LogP contribution < -0.4 is 5.32 Å². The summed E-state index contributed by atoms with van der Waals surface area (Å²) in [4.78, 5) is 19.9. The molecule has 0 radical (unpaired) electrons. The second-order valence-electron chi connectivity index (χ2n) is 3.86. The Morgan fingerprint density at radius 2 is 1.94 bits per heavy atom. The van der Waals surface area contributed by atoms with E-state index in [4.69, 9.17) is 9.90 Å². The van der Waals surface area contributed by atoms with Crippen LogP contribution in [0.3, 0.4) is 0 Å². The first-order valence-electron chi connectivity index (χ1n) is 4.88. The van der Waals surface area contributed by atoms with Crippen LogP contribution in [0.4, 0.5) is 13.2 Å². The first-order valence-corrected chi connectivity index (χ1v) is 4.88. The van der Waals surface area contributed by atoms with Crippen molar-refractivity contribution in [2.45, 2.75) is 18.6 Å². The molecule has 8 heteroatoms. The van der Waals surface area contributed by atoms with E-state index in [0.717, 1.165) is 6.54 Å². The van der Waals surface area contributed by atoms with E-state index < -0.39 is 12.1 Å². The van der Waals surface area contributed by atoms with Gasteiger partial charge in [0.2, 0.25) is 0 Å². The average Bonchev–Trinajstić information content (AvgIpc) is 2.78. The second-order valence-corrected chi connectivity index (χ2v) is 3.86. The molecule has 98 valence electrons. The molecule has 0 unspecified atom stereocenters. The van der Waals surface area contributed by atoms with Crippen molar-refractivity contribution >= 4 is 11.9 Å². The Balaban J connectivity index is 0.000000185. The van der Waals surface area contributed by atoms with Crippen molar-refractivity contribution < 1.29 is 32.6 Å². The van der Waals surface area contributed by atoms with Crippen molar-refractivity contribution in [2.75, 3.05) is 13.7 Å². The minimum absolute atomic E-state index is 0.0359. The number of rotatable bonds is 1. The second kappa shape index (κ2) is 4.91. The number of carbonyl (C=O) groups excluding carboxylic acids is 1. The van der Waals surface area contributed by atoms with E-state index >= 15 is 0 Å². The van der Waals surface area contributed by atoms with Gasteiger partial charge in [0.05, 0.1) is 13.0 Å². The highest BCUT2D eigenvalue weighted by Gasteiger charge is 2.51. The number of carboxylic acid groups (broad SMARTS) is 1. The van der Waals surface area contributed by atoms with Crippen molar-refractivity contribution in [3.05, 3.63) is 0 Å². The number of alkyl halides is 3. The topological polar surface area (TPSA) is 75.6 Å². The van der Waals surface area contributed by atoms with Crippen LogP contribution in [-0.4, -0.2) is 42.9 Å². The molecule has 0 aromatic carbocycles. The number of ether oxygens (including phenoxy) is 1. The number of nitrogens with one attached hydrogen (secondary N) is 1. The summed E-state index contributed by atoms with van der Waals surface area (Å²) in [5.41, 5.74) is 0. The maximum Gasteiger partial charge on any atom is 0.490 e. The van der Waals surface area contributed by atoms with Gasteiger partial charge in [-0.2, -0.15) is 13.2 Å². The number of carboxylic acids is 1. The highest BCUT2D eigenvalue weighted by Crippen LogP contribution is 2.40. The normalized spacial score (nSPS) is 29.8. The molecule has 2 saturated heterocycles. The lowest BCUT2D eigenvalue weighted by Gasteiger charge is -2.31. The van der Waals surface area contributed by atoms with Gasteiger partial charge < -0.3 is 15.2 Å². The standard InChI is InChI=1S/C7H11NO2.C2HF3O2/c1-10-7(9)6-4-2-5(6)8-3-4;3-2(4,5)1(6)7/h4-6,8H,2-3H2,1H3;(H,6,7)/t4-,5-,6+;/m0./s1. The minimum atomic E-state index is -5.08. The van der Waals surface area contributed by atoms with Gasteiger partial charge in [0.15, 0.2) is 0 Å². The van der Waals surface area contributed by atoms with E-state index in [9.17, 15) is 18.0 Å². The van der Waals surface area contributed by atoms with E-state index in [1.165, 1.54) is 13.5 Å². The van der Waals surface area contributed by atoms with E-state index in [1.807, 2.05) is 0 Å². The third kappa shape index (κ3) is 3.09. The van der Waals surface area contributed by atoms with Crippen LogP contribution in [0.25, 0.3) is 0 Å². The fourth-order valence-corrected chi connectivity index (χ4v) is 1.97. The number of hydrogen-bond donors (Lipinski definition) is 2. The van der Waals surface area contributed by atoms with E-state index in [2.05, 4.69) is 10.1 Å². The molecule has 1 aliphatic carbocycles. The van der Waals surface area contributed by atoms with Crippen LogP contribution in [0.5, 0.6) is 0 Å². The van der Waals surface area contributed by atoms with Crippen molar-refractivity contribution in [3.63, 3.8) is 0 Å². The maximum atomic E-state index is 11.0. The molecule has 2 heterocycles. The molecule has 2 bridgehead atoms. The molecule has 3 rings (SSSR count). The number of fused-ring (bicyclic) bond motifs is 1. The number of esters is 1. The molecular formula is C9H12F3NO4. The molecule has 2 N–H and O–H groups in total. The van der Waals surface area contributed by atoms with Gasteiger partial charge in [0.1, 0.15) is 0 Å². The highest BCUT2D eigenvalue weighted by molar-refractivity contribution is 5.75. The Kier molecular flexibility index (Phi) is 3.97. The van der Waals surface area contributed by atoms with Crippen LogP contribution >= 0.6 is 0 Å². The molecule has 0 aromatic rings. The van der Waals surface area contributed by atoms with Crippen LogP contribution in [0.15, 0.2) is 0 Å². The summed E-state index contributed by atoms with van der Waals surface area (Å²) in [6, 6.07) is 0.428. The summed E-state index contributed by atoms with van der Waals surface area (Å²) in [7, 11) is 1.46. The number of carbonyl (C=O) groups is 2. The van der Waals surface area contributed by atoms with E-state index in [-0.39, 0.29) is 11.9 Å². The van der Waals surface area contributed by atoms with Gasteiger partial charge in [-0.05, 0) is 18.9 Å². The van der Waals surface area contributed by atoms with Gasteiger partial charge >= 0.3 is 18.1 Å². The third-order valence-electron chi connectivity index (χ3n) is 2.86. The van der Waals surface area contributed by atoms with Gasteiger partial charge in [0, 0.05) is 6.04 Å². The number of halogens is 3. The number of methoxy groups -OCH3 is 1. The smallest absolute Gasteiger partial charge is 0.475 e. The van der Waals surface area contributed by atoms with Crippen LogP contribution in [0, 0.1) is 11.8 Å². The molecule has 3 fully saturated rings. The van der Waals surface area contributed by atoms with Crippen LogP contribution in [0.2, 0.25) is 0 Å². The molecule has 0 spiro atoms. The zero-order valence-corrected chi connectivity index (χ0v) is 8.95. The van der Waals surface area contributed by atoms with Crippen molar-refractivity contribution in [1.29, 1.82) is 0 Å². The molecular weight excluding hydrogens is 243 g/mol. The summed E-state index contributed by atoms with van der Waals surface area (Å²) in [5.74, 6) is -2.05. The maximum absolute atomic E-state index is 11.0. The Morgan fingerprint density at radius 3 is 2.18 bits per heavy atom. The monoisotopic (exact) mass is 255 g/mol. The first kappa shape index (κ1) is 13.8. The Bertz CT molecular complexity index is 304. The minimum Gasteiger partial charge on any atom is -0.475 e. The predicted octanol–water partition coefficient (Wildman–Crippen LogP) is 0.401. The molecule has 17 heavy (non-hydrogen) atoms. The summed E-state index contributed by atoms with van der Waals surface area (Å²) in [5, 5.41) is 10.4. The number of aliphatic carboxylic acids is 1. The predicted molar refractivity (Wildman–Crippen MR) is 49.1 cm³/mol. The summed E-state index contributed by atoms with van der Waals surface area (Å²) < 4.78 is 36.4. The fraction of sp³-hybridized carbons (Fsp3) is 0.778. The van der Waals surface area contributed by atoms with E-state index in [0.29, 0.717) is 12.0 Å². The Labute approximate surface area is 94.9 Å². The number of hydrogen-bond acceptors (Lipinski definition) is 4. The molecule has 5 nitrogen and oxygen atoms in total. The van der Waals surface area contributed by atoms with Gasteiger partial charge in [-0.25, -0.2) is 4.79 Å². The Hall–Kier alpha value is -1.31. The van der Waals surface area contributed by atoms with Crippen LogP contribution in [-0.2, 0) is 14.3 Å². The zero-order valence-electron chi connectivity index (χ0n) is 8.95. The van der Waals surface area contributed by atoms with Crippen molar-refractivity contribution in [2.24, 2.45) is 11.8 Å². The summed E-state index contributed by atoms with van der Waals surface area (Å²) in [6.07, 6.45) is -3.92. The molecule has 2 aliphatic heterocycles. The zero-order chi connectivity index (χ0) is 13.2. The SMILES string of the molecule is COC(=O)[C@@H]1[C@@H]2CN[C@H]1C2.O=C(O)C(F)(F)F. The molecule has 1 saturated carbocycles. The summed E-state index contributed by atoms with van der Waals surface area (Å²) in [6.45, 7) is 1.00. The highest BCUT2D eigenvalue weighted by atomic mass is 19.4. The quantitative estimate of drug-likeness (QED) is 0.663. The van der Waals surface area contributed by atoms with Crippen molar-refractivity contribution in [3.8, 4) is 0 Å². The summed E-state index contributed by atoms with van der Waals surface area (Å²) >= 11 is 0. The van der Waals surface area contributed by atoms with Crippen molar-refractivity contribution in [1.82, 2.24) is 5.32 Å². The van der Waals surface area contributed by atoms with Gasteiger partial charge in [0.25, 0.3) is 0 Å². The molecule has 3 atom stereocenters. The Morgan fingerprint density at radius 1 is 1.41 bits per heavy atom. The molecule has 0 amide bonds. The lowest BCUT2D eigenvalue weighted by atomic mass is 9.74. The van der Waals surface area contributed by atoms with Gasteiger partial charge in [-0.3, -0.25) is 4.79 Å². The lowest BCUT2D eigenvalue weighted by molar-refractivity contribution is -0.192. The van der Waals surface area contributed by atoms with Gasteiger partial charge in [-0.15, -0.1) is 0 Å². The third-order valence-corrected chi connectivity index (χ3v) is 2.86. The average molecular weight is 255 g/mol. The molecule has 3 aliphatic rings. The lowest BCUT2D eigenvalue weighted by Crippen LogP contribution is -2.42. The van der Waals surface area contributed by atoms with E-state index in [1.54, 1.807) is 0 Å². The fourth-order valence-electron chi connectivity index (χ4n) is 1.97. The molecule has 0 aromatic heterocycles. The van der Waals surface area contributed by atoms with Crippen LogP contribution in [0.1, 0.15) is 6.42 Å². The largest absolute Gasteiger partial charge is 0.490 e. The van der Waals surface area contributed by atoms with Gasteiger partial charge in [-0.1, -0.05) is 0 Å². The first-order chi connectivity index (χ1) is 7.77.